The van der Waals surface area contributed by atoms with Crippen LogP contribution in [-0.2, 0) is 0 Å². The first-order valence-corrected chi connectivity index (χ1v) is 7.10. The molecule has 1 saturated carbocycles. The monoisotopic (exact) mass is 278 g/mol. The summed E-state index contributed by atoms with van der Waals surface area (Å²) in [6, 6.07) is 5.16. The third kappa shape index (κ3) is 3.10. The molecule has 20 heavy (non-hydrogen) atoms. The highest BCUT2D eigenvalue weighted by atomic mass is 16.6. The summed E-state index contributed by atoms with van der Waals surface area (Å²) >= 11 is 0. The molecule has 0 aromatic heterocycles. The quantitative estimate of drug-likeness (QED) is 0.654. The lowest BCUT2D eigenvalue weighted by Gasteiger charge is -2.39. The number of nitro benzene ring substituents is 1. The van der Waals surface area contributed by atoms with Crippen molar-refractivity contribution < 1.29 is 10.0 Å². The lowest BCUT2D eigenvalue weighted by Crippen LogP contribution is -2.45. The van der Waals surface area contributed by atoms with Gasteiger partial charge in [-0.15, -0.1) is 0 Å². The lowest BCUT2D eigenvalue weighted by molar-refractivity contribution is -0.384. The normalized spacial score (nSPS) is 26.2. The number of nitro groups is 1. The summed E-state index contributed by atoms with van der Waals surface area (Å²) in [6.45, 7) is 4.04. The zero-order valence-corrected chi connectivity index (χ0v) is 12.1. The van der Waals surface area contributed by atoms with Crippen molar-refractivity contribution in [3.8, 4) is 0 Å². The fourth-order valence-electron chi connectivity index (χ4n) is 2.82. The molecule has 0 radical (unpaired) electrons. The molecule has 2 N–H and O–H groups in total. The van der Waals surface area contributed by atoms with Crippen LogP contribution in [0.2, 0.25) is 0 Å². The molecule has 5 nitrogen and oxygen atoms in total. The van der Waals surface area contributed by atoms with Gasteiger partial charge in [0.05, 0.1) is 17.1 Å². The summed E-state index contributed by atoms with van der Waals surface area (Å²) in [7, 11) is 0. The number of nitrogens with one attached hydrogen (secondary N) is 1. The molecule has 1 aliphatic rings. The molecule has 1 fully saturated rings. The van der Waals surface area contributed by atoms with E-state index in [1.807, 2.05) is 13.0 Å². The molecule has 0 saturated heterocycles. The fourth-order valence-corrected chi connectivity index (χ4v) is 2.82. The van der Waals surface area contributed by atoms with Crippen molar-refractivity contribution >= 4 is 11.4 Å². The van der Waals surface area contributed by atoms with E-state index >= 15 is 0 Å². The van der Waals surface area contributed by atoms with Gasteiger partial charge in [0.2, 0.25) is 0 Å². The Morgan fingerprint density at radius 1 is 1.45 bits per heavy atom. The summed E-state index contributed by atoms with van der Waals surface area (Å²) in [5.41, 5.74) is 1.02. The Bertz CT molecular complexity index is 494. The van der Waals surface area contributed by atoms with Crippen molar-refractivity contribution in [1.29, 1.82) is 0 Å². The molecule has 0 bridgehead atoms. The molecule has 0 spiro atoms. The van der Waals surface area contributed by atoms with Crippen molar-refractivity contribution in [1.82, 2.24) is 0 Å². The first-order chi connectivity index (χ1) is 9.46. The van der Waals surface area contributed by atoms with Crippen molar-refractivity contribution in [3.63, 3.8) is 0 Å². The minimum Gasteiger partial charge on any atom is -0.394 e. The topological polar surface area (TPSA) is 75.4 Å². The van der Waals surface area contributed by atoms with E-state index < -0.39 is 5.54 Å². The van der Waals surface area contributed by atoms with Crippen molar-refractivity contribution in [2.45, 2.75) is 45.1 Å². The van der Waals surface area contributed by atoms with Crippen LogP contribution in [-0.4, -0.2) is 22.2 Å². The number of nitrogens with zero attached hydrogens (tertiary/aromatic N) is 1. The summed E-state index contributed by atoms with van der Waals surface area (Å²) in [5.74, 6) is 0.657. The van der Waals surface area contributed by atoms with Gasteiger partial charge in [-0.2, -0.15) is 0 Å². The predicted octanol–water partition coefficient (Wildman–Crippen LogP) is 3.26. The first kappa shape index (κ1) is 14.8. The highest BCUT2D eigenvalue weighted by Crippen LogP contribution is 2.37. The average molecular weight is 278 g/mol. The highest BCUT2D eigenvalue weighted by Gasteiger charge is 2.35. The Balaban J connectivity index is 2.26. The zero-order valence-electron chi connectivity index (χ0n) is 12.1. The molecule has 0 unspecified atom stereocenters. The number of benzene rings is 1. The van der Waals surface area contributed by atoms with Crippen LogP contribution in [0.5, 0.6) is 0 Å². The van der Waals surface area contributed by atoms with Crippen molar-refractivity contribution in [3.05, 3.63) is 33.9 Å². The maximum Gasteiger partial charge on any atom is 0.292 e. The summed E-state index contributed by atoms with van der Waals surface area (Å²) < 4.78 is 0. The van der Waals surface area contributed by atoms with Crippen molar-refractivity contribution in [2.75, 3.05) is 11.9 Å². The Morgan fingerprint density at radius 2 is 2.10 bits per heavy atom. The van der Waals surface area contributed by atoms with E-state index in [1.165, 1.54) is 0 Å². The Kier molecular flexibility index (Phi) is 4.28. The van der Waals surface area contributed by atoms with Gasteiger partial charge in [0, 0.05) is 6.07 Å². The van der Waals surface area contributed by atoms with Crippen LogP contribution in [0.1, 0.15) is 38.2 Å². The lowest BCUT2D eigenvalue weighted by atomic mass is 9.77. The number of rotatable bonds is 4. The van der Waals surface area contributed by atoms with Gasteiger partial charge in [0.1, 0.15) is 5.69 Å². The number of anilines is 1. The Morgan fingerprint density at radius 3 is 2.65 bits per heavy atom. The van der Waals surface area contributed by atoms with Crippen LogP contribution in [0.25, 0.3) is 0 Å². The zero-order chi connectivity index (χ0) is 14.8. The average Bonchev–Trinajstić information content (AvgIpc) is 2.43. The minimum absolute atomic E-state index is 0.00471. The number of hydrogen-bond donors (Lipinski definition) is 2. The smallest absolute Gasteiger partial charge is 0.292 e. The molecule has 5 heteroatoms. The van der Waals surface area contributed by atoms with Crippen LogP contribution in [0.15, 0.2) is 18.2 Å². The molecule has 0 amide bonds. The predicted molar refractivity (Wildman–Crippen MR) is 78.9 cm³/mol. The third-order valence-corrected chi connectivity index (χ3v) is 4.28. The van der Waals surface area contributed by atoms with Crippen LogP contribution < -0.4 is 5.32 Å². The van der Waals surface area contributed by atoms with E-state index in [4.69, 9.17) is 0 Å². The molecule has 110 valence electrons. The minimum atomic E-state index is -0.424. The van der Waals surface area contributed by atoms with Crippen LogP contribution in [0.3, 0.4) is 0 Å². The second kappa shape index (κ2) is 5.79. The van der Waals surface area contributed by atoms with Gasteiger partial charge < -0.3 is 10.4 Å². The van der Waals surface area contributed by atoms with Gasteiger partial charge >= 0.3 is 0 Å². The summed E-state index contributed by atoms with van der Waals surface area (Å²) in [5, 5.41) is 24.2. The van der Waals surface area contributed by atoms with Crippen LogP contribution in [0.4, 0.5) is 11.4 Å². The SMILES string of the molecule is Cc1ccc(NC2(CO)CCC(C)CC2)c([N+](=O)[O-])c1. The molecule has 1 aliphatic carbocycles. The maximum absolute atomic E-state index is 11.2. The van der Waals surface area contributed by atoms with Crippen LogP contribution in [0, 0.1) is 23.0 Å². The van der Waals surface area contributed by atoms with Gasteiger partial charge in [-0.3, -0.25) is 10.1 Å². The number of hydrogen-bond acceptors (Lipinski definition) is 4. The molecular formula is C15H22N2O3. The van der Waals surface area contributed by atoms with E-state index in [0.717, 1.165) is 31.2 Å². The van der Waals surface area contributed by atoms with Crippen LogP contribution >= 0.6 is 0 Å². The molecule has 1 aromatic rings. The molecular weight excluding hydrogens is 256 g/mol. The van der Waals surface area contributed by atoms with E-state index in [-0.39, 0.29) is 17.2 Å². The number of aryl methyl sites for hydroxylation is 1. The Labute approximate surface area is 119 Å². The van der Waals surface area contributed by atoms with E-state index in [2.05, 4.69) is 12.2 Å². The number of aliphatic hydroxyl groups is 1. The largest absolute Gasteiger partial charge is 0.394 e. The van der Waals surface area contributed by atoms with Gasteiger partial charge in [0.15, 0.2) is 0 Å². The van der Waals surface area contributed by atoms with E-state index in [0.29, 0.717) is 11.6 Å². The molecule has 0 aliphatic heterocycles. The van der Waals surface area contributed by atoms with Gasteiger partial charge in [-0.1, -0.05) is 13.0 Å². The fraction of sp³-hybridized carbons (Fsp3) is 0.600. The Hall–Kier alpha value is -1.62. The van der Waals surface area contributed by atoms with E-state index in [9.17, 15) is 15.2 Å². The summed E-state index contributed by atoms with van der Waals surface area (Å²) in [6.07, 6.45) is 3.76. The standard InChI is InChI=1S/C15H22N2O3/c1-11-5-7-15(10-18,8-6-11)16-13-4-3-12(2)9-14(13)17(19)20/h3-4,9,11,16,18H,5-8,10H2,1-2H3. The van der Waals surface area contributed by atoms with Gasteiger partial charge in [0.25, 0.3) is 5.69 Å². The van der Waals surface area contributed by atoms with Gasteiger partial charge in [-0.25, -0.2) is 0 Å². The molecule has 1 aromatic carbocycles. The van der Waals surface area contributed by atoms with Crippen molar-refractivity contribution in [2.24, 2.45) is 5.92 Å². The number of aliphatic hydroxyl groups excluding tert-OH is 1. The highest BCUT2D eigenvalue weighted by molar-refractivity contribution is 5.63. The molecule has 0 heterocycles. The second-order valence-electron chi connectivity index (χ2n) is 6.02. The summed E-state index contributed by atoms with van der Waals surface area (Å²) in [4.78, 5) is 10.8. The third-order valence-electron chi connectivity index (χ3n) is 4.28. The second-order valence-corrected chi connectivity index (χ2v) is 6.02. The van der Waals surface area contributed by atoms with Gasteiger partial charge in [-0.05, 0) is 50.2 Å². The maximum atomic E-state index is 11.2. The molecule has 0 atom stereocenters. The molecule has 2 rings (SSSR count). The first-order valence-electron chi connectivity index (χ1n) is 7.10. The van der Waals surface area contributed by atoms with E-state index in [1.54, 1.807) is 12.1 Å².